The number of halogens is 2. The van der Waals surface area contributed by atoms with Gasteiger partial charge in [-0.25, -0.2) is 8.78 Å². The van der Waals surface area contributed by atoms with E-state index in [1.807, 2.05) is 6.08 Å². The molecule has 0 fully saturated rings. The molecule has 0 saturated heterocycles. The average Bonchev–Trinajstić information content (AvgIpc) is 2.49. The second-order valence-electron chi connectivity index (χ2n) is 7.72. The molecule has 0 saturated carbocycles. The molecule has 2 N–H and O–H groups in total. The van der Waals surface area contributed by atoms with Crippen molar-refractivity contribution in [3.05, 3.63) is 35.4 Å². The predicted molar refractivity (Wildman–Crippen MR) is 93.7 cm³/mol. The SMILES string of the molecule is CC(C)C(=O)Nc1cc(C2=CCNC(C(C)(C)C)C2)c(F)cc1F. The van der Waals surface area contributed by atoms with E-state index in [4.69, 9.17) is 0 Å². The fourth-order valence-corrected chi connectivity index (χ4v) is 2.70. The second kappa shape index (κ2) is 7.01. The van der Waals surface area contributed by atoms with E-state index in [-0.39, 0.29) is 29.0 Å². The molecule has 5 heteroatoms. The number of carbonyl (C=O) groups excluding carboxylic acids is 1. The molecule has 1 aromatic rings. The van der Waals surface area contributed by atoms with Crippen LogP contribution in [-0.4, -0.2) is 18.5 Å². The zero-order valence-corrected chi connectivity index (χ0v) is 15.0. The van der Waals surface area contributed by atoms with Gasteiger partial charge in [-0.15, -0.1) is 0 Å². The Morgan fingerprint density at radius 1 is 1.25 bits per heavy atom. The molecule has 1 heterocycles. The van der Waals surface area contributed by atoms with Gasteiger partial charge in [0.05, 0.1) is 5.69 Å². The van der Waals surface area contributed by atoms with Crippen molar-refractivity contribution in [1.29, 1.82) is 0 Å². The van der Waals surface area contributed by atoms with Crippen molar-refractivity contribution in [2.24, 2.45) is 11.3 Å². The number of nitrogens with one attached hydrogen (secondary N) is 2. The number of benzene rings is 1. The van der Waals surface area contributed by atoms with Crippen molar-refractivity contribution < 1.29 is 13.6 Å². The summed E-state index contributed by atoms with van der Waals surface area (Å²) in [5.74, 6) is -1.93. The van der Waals surface area contributed by atoms with Gasteiger partial charge < -0.3 is 10.6 Å². The van der Waals surface area contributed by atoms with Gasteiger partial charge in [0.2, 0.25) is 5.91 Å². The lowest BCUT2D eigenvalue weighted by Gasteiger charge is -2.35. The lowest BCUT2D eigenvalue weighted by Crippen LogP contribution is -2.42. The van der Waals surface area contributed by atoms with Gasteiger partial charge in [0, 0.05) is 30.1 Å². The molecular weight excluding hydrogens is 310 g/mol. The van der Waals surface area contributed by atoms with Crippen LogP contribution in [0.3, 0.4) is 0 Å². The van der Waals surface area contributed by atoms with E-state index in [1.54, 1.807) is 13.8 Å². The van der Waals surface area contributed by atoms with Crippen molar-refractivity contribution in [2.45, 2.75) is 47.1 Å². The Morgan fingerprint density at radius 3 is 2.50 bits per heavy atom. The number of hydrogen-bond donors (Lipinski definition) is 2. The van der Waals surface area contributed by atoms with Gasteiger partial charge in [-0.1, -0.05) is 40.7 Å². The molecule has 0 spiro atoms. The van der Waals surface area contributed by atoms with Gasteiger partial charge in [-0.3, -0.25) is 4.79 Å². The summed E-state index contributed by atoms with van der Waals surface area (Å²) in [5.41, 5.74) is 1.25. The molecule has 1 amide bonds. The van der Waals surface area contributed by atoms with Gasteiger partial charge in [0.25, 0.3) is 0 Å². The van der Waals surface area contributed by atoms with Gasteiger partial charge in [0.15, 0.2) is 0 Å². The Kier molecular flexibility index (Phi) is 5.43. The van der Waals surface area contributed by atoms with Gasteiger partial charge in [0.1, 0.15) is 11.6 Å². The first-order valence-corrected chi connectivity index (χ1v) is 8.32. The minimum Gasteiger partial charge on any atom is -0.323 e. The Balaban J connectivity index is 2.33. The first-order chi connectivity index (χ1) is 11.1. The van der Waals surface area contributed by atoms with Crippen molar-refractivity contribution in [3.63, 3.8) is 0 Å². The number of rotatable bonds is 3. The maximum absolute atomic E-state index is 14.3. The quantitative estimate of drug-likeness (QED) is 0.861. The van der Waals surface area contributed by atoms with E-state index in [0.29, 0.717) is 18.5 Å². The number of anilines is 1. The third-order valence-electron chi connectivity index (χ3n) is 4.37. The summed E-state index contributed by atoms with van der Waals surface area (Å²) >= 11 is 0. The highest BCUT2D eigenvalue weighted by molar-refractivity contribution is 5.92. The third-order valence-corrected chi connectivity index (χ3v) is 4.37. The molecule has 0 bridgehead atoms. The minimum absolute atomic E-state index is 0.0249. The molecule has 1 atom stereocenters. The molecule has 132 valence electrons. The van der Waals surface area contributed by atoms with Crippen molar-refractivity contribution in [3.8, 4) is 0 Å². The van der Waals surface area contributed by atoms with Crippen LogP contribution in [-0.2, 0) is 4.79 Å². The van der Waals surface area contributed by atoms with Crippen LogP contribution in [0.2, 0.25) is 0 Å². The molecule has 0 aromatic heterocycles. The van der Waals surface area contributed by atoms with E-state index in [0.717, 1.165) is 11.6 Å². The van der Waals surface area contributed by atoms with E-state index < -0.39 is 11.6 Å². The highest BCUT2D eigenvalue weighted by Crippen LogP contribution is 2.34. The molecule has 1 aliphatic heterocycles. The summed E-state index contributed by atoms with van der Waals surface area (Å²) < 4.78 is 28.3. The molecule has 1 aliphatic rings. The average molecular weight is 336 g/mol. The summed E-state index contributed by atoms with van der Waals surface area (Å²) in [6, 6.07) is 2.46. The monoisotopic (exact) mass is 336 g/mol. The maximum atomic E-state index is 14.3. The molecule has 2 rings (SSSR count). The molecule has 3 nitrogen and oxygen atoms in total. The van der Waals surface area contributed by atoms with E-state index in [9.17, 15) is 13.6 Å². The van der Waals surface area contributed by atoms with Crippen LogP contribution in [0.1, 0.15) is 46.6 Å². The molecule has 24 heavy (non-hydrogen) atoms. The van der Waals surface area contributed by atoms with Crippen LogP contribution >= 0.6 is 0 Å². The van der Waals surface area contributed by atoms with Gasteiger partial charge in [-0.05, 0) is 23.5 Å². The summed E-state index contributed by atoms with van der Waals surface area (Å²) in [6.07, 6.45) is 2.58. The smallest absolute Gasteiger partial charge is 0.227 e. The summed E-state index contributed by atoms with van der Waals surface area (Å²) in [7, 11) is 0. The number of carbonyl (C=O) groups is 1. The Morgan fingerprint density at radius 2 is 1.92 bits per heavy atom. The lowest BCUT2D eigenvalue weighted by molar-refractivity contribution is -0.118. The van der Waals surface area contributed by atoms with Crippen LogP contribution in [0.5, 0.6) is 0 Å². The summed E-state index contributed by atoms with van der Waals surface area (Å²) in [6.45, 7) is 10.5. The van der Waals surface area contributed by atoms with Gasteiger partial charge >= 0.3 is 0 Å². The largest absolute Gasteiger partial charge is 0.323 e. The summed E-state index contributed by atoms with van der Waals surface area (Å²) in [4.78, 5) is 11.8. The highest BCUT2D eigenvalue weighted by atomic mass is 19.1. The standard InChI is InChI=1S/C19H26F2N2O/c1-11(2)18(24)23-16-9-13(14(20)10-15(16)21)12-6-7-22-17(8-12)19(3,4)5/h6,9-11,17,22H,7-8H2,1-5H3,(H,23,24). The predicted octanol–water partition coefficient (Wildman–Crippen LogP) is 4.35. The number of hydrogen-bond acceptors (Lipinski definition) is 2. The van der Waals surface area contributed by atoms with Crippen LogP contribution < -0.4 is 10.6 Å². The number of amides is 1. The Labute approximate surface area is 142 Å². The van der Waals surface area contributed by atoms with Crippen LogP contribution in [0, 0.1) is 23.0 Å². The first-order valence-electron chi connectivity index (χ1n) is 8.32. The highest BCUT2D eigenvalue weighted by Gasteiger charge is 2.28. The second-order valence-corrected chi connectivity index (χ2v) is 7.72. The van der Waals surface area contributed by atoms with E-state index >= 15 is 0 Å². The molecule has 0 radical (unpaired) electrons. The first kappa shape index (κ1) is 18.6. The van der Waals surface area contributed by atoms with Gasteiger partial charge in [-0.2, -0.15) is 0 Å². The molecular formula is C19H26F2N2O. The Bertz CT molecular complexity index is 660. The van der Waals surface area contributed by atoms with Crippen LogP contribution in [0.15, 0.2) is 18.2 Å². The third kappa shape index (κ3) is 4.20. The molecule has 1 unspecified atom stereocenters. The van der Waals surface area contributed by atoms with Crippen molar-refractivity contribution in [2.75, 3.05) is 11.9 Å². The summed E-state index contributed by atoms with van der Waals surface area (Å²) in [5, 5.41) is 5.94. The fourth-order valence-electron chi connectivity index (χ4n) is 2.70. The van der Waals surface area contributed by atoms with Crippen molar-refractivity contribution >= 4 is 17.2 Å². The maximum Gasteiger partial charge on any atom is 0.227 e. The minimum atomic E-state index is -0.757. The van der Waals surface area contributed by atoms with E-state index in [1.165, 1.54) is 6.07 Å². The zero-order chi connectivity index (χ0) is 18.1. The van der Waals surface area contributed by atoms with E-state index in [2.05, 4.69) is 31.4 Å². The van der Waals surface area contributed by atoms with Crippen LogP contribution in [0.25, 0.3) is 5.57 Å². The Hall–Kier alpha value is -1.75. The fraction of sp³-hybridized carbons (Fsp3) is 0.526. The topological polar surface area (TPSA) is 41.1 Å². The molecule has 0 aliphatic carbocycles. The lowest BCUT2D eigenvalue weighted by atomic mass is 9.80. The molecule has 1 aromatic carbocycles. The van der Waals surface area contributed by atoms with Crippen molar-refractivity contribution in [1.82, 2.24) is 5.32 Å². The van der Waals surface area contributed by atoms with Crippen LogP contribution in [0.4, 0.5) is 14.5 Å². The zero-order valence-electron chi connectivity index (χ0n) is 15.0. The normalized spacial score (nSPS) is 18.5.